The summed E-state index contributed by atoms with van der Waals surface area (Å²) in [5.74, 6) is 0. The van der Waals surface area contributed by atoms with Gasteiger partial charge in [0.25, 0.3) is 0 Å². The fraction of sp³-hybridized carbons (Fsp3) is 0.286. The van der Waals surface area contributed by atoms with Gasteiger partial charge in [0.1, 0.15) is 12.2 Å². The summed E-state index contributed by atoms with van der Waals surface area (Å²) in [5.41, 5.74) is 2.20. The average Bonchev–Trinajstić information content (AvgIpc) is 2.68. The van der Waals surface area contributed by atoms with E-state index in [4.69, 9.17) is 19.5 Å². The molecule has 25 heavy (non-hydrogen) atoms. The molecule has 4 heteroatoms. The number of hydrogen-bond donors (Lipinski definition) is 0. The first-order valence-corrected chi connectivity index (χ1v) is 8.36. The second-order valence-corrected chi connectivity index (χ2v) is 5.87. The monoisotopic (exact) mass is 335 g/mol. The van der Waals surface area contributed by atoms with Crippen molar-refractivity contribution in [3.8, 4) is 6.07 Å². The molecule has 2 aromatic rings. The number of benzene rings is 2. The van der Waals surface area contributed by atoms with Gasteiger partial charge in [0.2, 0.25) is 0 Å². The van der Waals surface area contributed by atoms with E-state index in [2.05, 4.69) is 6.07 Å². The summed E-state index contributed by atoms with van der Waals surface area (Å²) in [6.45, 7) is 1.37. The molecule has 2 aromatic carbocycles. The van der Waals surface area contributed by atoms with E-state index in [0.29, 0.717) is 19.8 Å². The number of nitriles is 1. The van der Waals surface area contributed by atoms with Crippen LogP contribution in [0.2, 0.25) is 0 Å². The van der Waals surface area contributed by atoms with Gasteiger partial charge >= 0.3 is 0 Å². The van der Waals surface area contributed by atoms with Crippen LogP contribution in [-0.2, 0) is 27.4 Å². The van der Waals surface area contributed by atoms with E-state index in [1.807, 2.05) is 66.7 Å². The zero-order valence-corrected chi connectivity index (χ0v) is 14.0. The molecule has 0 radical (unpaired) electrons. The Bertz CT molecular complexity index is 709. The summed E-state index contributed by atoms with van der Waals surface area (Å²) in [6, 6.07) is 22.1. The van der Waals surface area contributed by atoms with Gasteiger partial charge in [-0.15, -0.1) is 0 Å². The lowest BCUT2D eigenvalue weighted by Crippen LogP contribution is -2.39. The third-order valence-corrected chi connectivity index (χ3v) is 3.97. The predicted molar refractivity (Wildman–Crippen MR) is 94.5 cm³/mol. The highest BCUT2D eigenvalue weighted by Gasteiger charge is 2.28. The second kappa shape index (κ2) is 9.14. The minimum Gasteiger partial charge on any atom is -0.374 e. The average molecular weight is 335 g/mol. The zero-order chi connectivity index (χ0) is 17.3. The number of rotatable bonds is 7. The Morgan fingerprint density at radius 1 is 0.880 bits per heavy atom. The maximum absolute atomic E-state index is 9.10. The van der Waals surface area contributed by atoms with Gasteiger partial charge in [-0.2, -0.15) is 5.26 Å². The van der Waals surface area contributed by atoms with Gasteiger partial charge in [-0.3, -0.25) is 0 Å². The standard InChI is InChI=1S/C21H21NO3/c22-13-19-11-12-20(24-15-18-9-5-2-6-10-18)21(25-19)16-23-14-17-7-3-1-4-8-17/h1-12,19-21H,14-16H2/t19?,20-,21+/m0/s1. The normalized spacial score (nSPS) is 22.4. The molecule has 0 saturated carbocycles. The fourth-order valence-corrected chi connectivity index (χ4v) is 2.65. The minimum absolute atomic E-state index is 0.236. The molecule has 0 aromatic heterocycles. The van der Waals surface area contributed by atoms with Gasteiger partial charge in [-0.25, -0.2) is 0 Å². The van der Waals surface area contributed by atoms with Crippen molar-refractivity contribution in [2.75, 3.05) is 6.61 Å². The largest absolute Gasteiger partial charge is 0.374 e. The quantitative estimate of drug-likeness (QED) is 0.725. The molecule has 1 aliphatic heterocycles. The summed E-state index contributed by atoms with van der Waals surface area (Å²) in [6.07, 6.45) is 2.55. The van der Waals surface area contributed by atoms with Crippen molar-refractivity contribution in [1.82, 2.24) is 0 Å². The van der Waals surface area contributed by atoms with Crippen LogP contribution in [-0.4, -0.2) is 24.9 Å². The summed E-state index contributed by atoms with van der Waals surface area (Å²) in [5, 5.41) is 9.10. The summed E-state index contributed by atoms with van der Waals surface area (Å²) in [7, 11) is 0. The van der Waals surface area contributed by atoms with Crippen molar-refractivity contribution in [3.05, 3.63) is 83.9 Å². The highest BCUT2D eigenvalue weighted by Crippen LogP contribution is 2.18. The van der Waals surface area contributed by atoms with Crippen LogP contribution in [0.3, 0.4) is 0 Å². The van der Waals surface area contributed by atoms with E-state index < -0.39 is 6.10 Å². The van der Waals surface area contributed by atoms with Crippen LogP contribution in [0.15, 0.2) is 72.8 Å². The Labute approximate surface area is 148 Å². The van der Waals surface area contributed by atoms with Gasteiger partial charge in [-0.05, 0) is 17.2 Å². The van der Waals surface area contributed by atoms with E-state index in [0.717, 1.165) is 11.1 Å². The predicted octanol–water partition coefficient (Wildman–Crippen LogP) is 3.64. The molecule has 0 spiro atoms. The first kappa shape index (κ1) is 17.4. The first-order valence-electron chi connectivity index (χ1n) is 8.36. The van der Waals surface area contributed by atoms with Gasteiger partial charge in [0, 0.05) is 0 Å². The van der Waals surface area contributed by atoms with Crippen molar-refractivity contribution in [2.24, 2.45) is 0 Å². The number of nitrogens with zero attached hydrogens (tertiary/aromatic N) is 1. The molecule has 3 rings (SSSR count). The molecule has 3 atom stereocenters. The lowest BCUT2D eigenvalue weighted by molar-refractivity contribution is -0.108. The van der Waals surface area contributed by atoms with Crippen molar-refractivity contribution in [3.63, 3.8) is 0 Å². The molecular formula is C21H21NO3. The van der Waals surface area contributed by atoms with Crippen molar-refractivity contribution in [1.29, 1.82) is 5.26 Å². The smallest absolute Gasteiger partial charge is 0.162 e. The van der Waals surface area contributed by atoms with Crippen molar-refractivity contribution >= 4 is 0 Å². The van der Waals surface area contributed by atoms with E-state index in [1.54, 1.807) is 6.08 Å². The second-order valence-electron chi connectivity index (χ2n) is 5.87. The van der Waals surface area contributed by atoms with E-state index >= 15 is 0 Å². The van der Waals surface area contributed by atoms with Crippen LogP contribution in [0.4, 0.5) is 0 Å². The molecule has 1 aliphatic rings. The van der Waals surface area contributed by atoms with Crippen LogP contribution in [0.25, 0.3) is 0 Å². The summed E-state index contributed by atoms with van der Waals surface area (Å²) >= 11 is 0. The molecule has 4 nitrogen and oxygen atoms in total. The van der Waals surface area contributed by atoms with Gasteiger partial charge in [0.15, 0.2) is 6.10 Å². The Morgan fingerprint density at radius 2 is 1.52 bits per heavy atom. The van der Waals surface area contributed by atoms with Gasteiger partial charge in [-0.1, -0.05) is 66.7 Å². The molecule has 0 saturated heterocycles. The molecular weight excluding hydrogens is 314 g/mol. The maximum Gasteiger partial charge on any atom is 0.162 e. The van der Waals surface area contributed by atoms with E-state index in [1.165, 1.54) is 0 Å². The van der Waals surface area contributed by atoms with Crippen LogP contribution in [0, 0.1) is 11.3 Å². The Morgan fingerprint density at radius 3 is 2.16 bits per heavy atom. The van der Waals surface area contributed by atoms with Crippen LogP contribution >= 0.6 is 0 Å². The Hall–Kier alpha value is -2.45. The summed E-state index contributed by atoms with van der Waals surface area (Å²) in [4.78, 5) is 0. The van der Waals surface area contributed by atoms with E-state index in [-0.39, 0.29) is 12.2 Å². The Kier molecular flexibility index (Phi) is 6.35. The zero-order valence-electron chi connectivity index (χ0n) is 14.0. The lowest BCUT2D eigenvalue weighted by atomic mass is 10.1. The van der Waals surface area contributed by atoms with Gasteiger partial charge < -0.3 is 14.2 Å². The van der Waals surface area contributed by atoms with Crippen LogP contribution in [0.1, 0.15) is 11.1 Å². The first-order chi connectivity index (χ1) is 12.3. The molecule has 0 fully saturated rings. The third kappa shape index (κ3) is 5.27. The maximum atomic E-state index is 9.10. The molecule has 1 unspecified atom stereocenters. The van der Waals surface area contributed by atoms with Crippen LogP contribution < -0.4 is 0 Å². The highest BCUT2D eigenvalue weighted by molar-refractivity contribution is 5.15. The Balaban J connectivity index is 1.55. The van der Waals surface area contributed by atoms with E-state index in [9.17, 15) is 0 Å². The van der Waals surface area contributed by atoms with Crippen molar-refractivity contribution in [2.45, 2.75) is 31.5 Å². The number of hydrogen-bond acceptors (Lipinski definition) is 4. The van der Waals surface area contributed by atoms with Crippen molar-refractivity contribution < 1.29 is 14.2 Å². The molecule has 0 N–H and O–H groups in total. The van der Waals surface area contributed by atoms with Gasteiger partial charge in [0.05, 0.1) is 25.9 Å². The molecule has 0 aliphatic carbocycles. The fourth-order valence-electron chi connectivity index (χ4n) is 2.65. The number of ether oxygens (including phenoxy) is 3. The molecule has 0 amide bonds. The molecule has 0 bridgehead atoms. The topological polar surface area (TPSA) is 51.5 Å². The summed E-state index contributed by atoms with van der Waals surface area (Å²) < 4.78 is 17.5. The highest BCUT2D eigenvalue weighted by atomic mass is 16.6. The molecule has 128 valence electrons. The minimum atomic E-state index is -0.554. The third-order valence-electron chi connectivity index (χ3n) is 3.97. The lowest BCUT2D eigenvalue weighted by Gasteiger charge is -2.30. The van der Waals surface area contributed by atoms with Crippen LogP contribution in [0.5, 0.6) is 0 Å². The molecule has 1 heterocycles. The SMILES string of the molecule is N#CC1C=C[C@H](OCc2ccccc2)[C@@H](COCc2ccccc2)O1.